The number of sulfonamides is 1. The Kier molecular flexibility index (Phi) is 6.49. The fraction of sp³-hybridized carbons (Fsp3) is 0.450. The molecule has 0 bridgehead atoms. The number of nitrogens with zero attached hydrogens (tertiary/aromatic N) is 2. The fourth-order valence-corrected chi connectivity index (χ4v) is 3.84. The molecule has 29 heavy (non-hydrogen) atoms. The molecule has 3 rings (SSSR count). The number of amides is 1. The highest BCUT2D eigenvalue weighted by Gasteiger charge is 2.31. The minimum atomic E-state index is -3.49. The van der Waals surface area contributed by atoms with Gasteiger partial charge in [0.2, 0.25) is 21.8 Å². The number of aromatic nitrogens is 2. The fourth-order valence-electron chi connectivity index (χ4n) is 2.80. The zero-order valence-electron chi connectivity index (χ0n) is 16.8. The molecule has 9 heteroatoms. The summed E-state index contributed by atoms with van der Waals surface area (Å²) < 4.78 is 31.7. The molecule has 1 aromatic carbocycles. The molecule has 1 unspecified atom stereocenters. The molecule has 0 radical (unpaired) electrons. The Labute approximate surface area is 170 Å². The van der Waals surface area contributed by atoms with Crippen molar-refractivity contribution in [1.82, 2.24) is 20.2 Å². The van der Waals surface area contributed by atoms with Gasteiger partial charge in [-0.05, 0) is 42.5 Å². The lowest BCUT2D eigenvalue weighted by Gasteiger charge is -2.17. The quantitative estimate of drug-likeness (QED) is 0.605. The molecule has 1 saturated carbocycles. The van der Waals surface area contributed by atoms with E-state index in [1.165, 1.54) is 18.2 Å². The van der Waals surface area contributed by atoms with Crippen molar-refractivity contribution < 1.29 is 17.7 Å². The molecule has 1 aromatic heterocycles. The molecule has 0 aliphatic heterocycles. The van der Waals surface area contributed by atoms with Crippen molar-refractivity contribution in [2.45, 2.75) is 50.5 Å². The van der Waals surface area contributed by atoms with E-state index in [2.05, 4.69) is 20.2 Å². The van der Waals surface area contributed by atoms with E-state index in [1.807, 2.05) is 13.8 Å². The van der Waals surface area contributed by atoms with Crippen LogP contribution in [-0.2, 0) is 14.8 Å². The maximum Gasteiger partial charge on any atom is 0.249 e. The third-order valence-corrected chi connectivity index (χ3v) is 6.14. The molecule has 156 valence electrons. The molecular weight excluding hydrogens is 392 g/mol. The lowest BCUT2D eigenvalue weighted by Crippen LogP contribution is -2.30. The van der Waals surface area contributed by atoms with Gasteiger partial charge in [-0.15, -0.1) is 0 Å². The second-order valence-electron chi connectivity index (χ2n) is 7.40. The molecule has 1 amide bonds. The van der Waals surface area contributed by atoms with E-state index in [0.717, 1.165) is 12.8 Å². The predicted octanol–water partition coefficient (Wildman–Crippen LogP) is 2.77. The van der Waals surface area contributed by atoms with Gasteiger partial charge in [-0.3, -0.25) is 4.79 Å². The number of carbonyl (C=O) groups is 1. The van der Waals surface area contributed by atoms with Crippen LogP contribution in [-0.4, -0.2) is 31.0 Å². The third kappa shape index (κ3) is 5.51. The van der Waals surface area contributed by atoms with Gasteiger partial charge in [0.25, 0.3) is 0 Å². The summed E-state index contributed by atoms with van der Waals surface area (Å²) in [6, 6.07) is 5.93. The van der Waals surface area contributed by atoms with Gasteiger partial charge in [0, 0.05) is 18.5 Å². The van der Waals surface area contributed by atoms with Crippen molar-refractivity contribution in [3.8, 4) is 0 Å². The van der Waals surface area contributed by atoms with Gasteiger partial charge in [-0.25, -0.2) is 13.1 Å². The van der Waals surface area contributed by atoms with Crippen LogP contribution in [0.3, 0.4) is 0 Å². The van der Waals surface area contributed by atoms with E-state index in [4.69, 9.17) is 4.52 Å². The molecule has 1 heterocycles. The number of rotatable bonds is 9. The molecule has 1 aliphatic rings. The highest BCUT2D eigenvalue weighted by Crippen LogP contribution is 2.38. The van der Waals surface area contributed by atoms with Crippen LogP contribution >= 0.6 is 0 Å². The Balaban J connectivity index is 1.64. The van der Waals surface area contributed by atoms with Crippen molar-refractivity contribution >= 4 is 22.0 Å². The van der Waals surface area contributed by atoms with Gasteiger partial charge in [0.15, 0.2) is 5.82 Å². The lowest BCUT2D eigenvalue weighted by molar-refractivity contribution is -0.117. The normalized spacial score (nSPS) is 15.7. The summed E-state index contributed by atoms with van der Waals surface area (Å²) >= 11 is 0. The molecule has 0 spiro atoms. The molecule has 2 aromatic rings. The van der Waals surface area contributed by atoms with E-state index < -0.39 is 10.0 Å². The van der Waals surface area contributed by atoms with Crippen molar-refractivity contribution in [2.75, 3.05) is 6.54 Å². The van der Waals surface area contributed by atoms with Crippen LogP contribution in [0.25, 0.3) is 6.08 Å². The Morgan fingerprint density at radius 3 is 2.55 bits per heavy atom. The summed E-state index contributed by atoms with van der Waals surface area (Å²) in [5.74, 6) is 1.30. The second-order valence-corrected chi connectivity index (χ2v) is 9.17. The van der Waals surface area contributed by atoms with Gasteiger partial charge in [-0.2, -0.15) is 4.98 Å². The summed E-state index contributed by atoms with van der Waals surface area (Å²) in [4.78, 5) is 17.0. The largest absolute Gasteiger partial charge is 0.340 e. The highest BCUT2D eigenvalue weighted by molar-refractivity contribution is 7.89. The Morgan fingerprint density at radius 1 is 1.28 bits per heavy atom. The molecule has 8 nitrogen and oxygen atoms in total. The van der Waals surface area contributed by atoms with Crippen molar-refractivity contribution in [3.63, 3.8) is 0 Å². The number of carbonyl (C=O) groups excluding carboxylic acids is 1. The molecule has 0 saturated heterocycles. The van der Waals surface area contributed by atoms with Gasteiger partial charge in [0.1, 0.15) is 6.04 Å². The first kappa shape index (κ1) is 21.2. The van der Waals surface area contributed by atoms with E-state index in [1.54, 1.807) is 25.1 Å². The molecule has 1 atom stereocenters. The zero-order valence-corrected chi connectivity index (χ0v) is 17.6. The van der Waals surface area contributed by atoms with Crippen molar-refractivity contribution in [2.24, 2.45) is 5.92 Å². The molecular formula is C20H26N4O4S. The highest BCUT2D eigenvalue weighted by atomic mass is 32.2. The van der Waals surface area contributed by atoms with Crippen LogP contribution in [0.15, 0.2) is 39.8 Å². The smallest absolute Gasteiger partial charge is 0.249 e. The number of benzene rings is 1. The third-order valence-electron chi connectivity index (χ3n) is 4.58. The van der Waals surface area contributed by atoms with Crippen LogP contribution in [0.4, 0.5) is 0 Å². The van der Waals surface area contributed by atoms with Crippen LogP contribution in [0.1, 0.15) is 62.9 Å². The van der Waals surface area contributed by atoms with E-state index >= 15 is 0 Å². The zero-order chi connectivity index (χ0) is 21.0. The topological polar surface area (TPSA) is 114 Å². The summed E-state index contributed by atoms with van der Waals surface area (Å²) in [6.45, 7) is 5.99. The summed E-state index contributed by atoms with van der Waals surface area (Å²) in [6.07, 6.45) is 5.19. The molecule has 1 aliphatic carbocycles. The van der Waals surface area contributed by atoms with Crippen LogP contribution in [0.5, 0.6) is 0 Å². The SMILES string of the molecule is CCNS(=O)(=O)c1ccc(/C=C/C(=O)NC(c2nc(C3CC3)no2)C(C)C)cc1. The number of hydrogen-bond acceptors (Lipinski definition) is 6. The Bertz CT molecular complexity index is 976. The predicted molar refractivity (Wildman–Crippen MR) is 108 cm³/mol. The summed E-state index contributed by atoms with van der Waals surface area (Å²) in [5.41, 5.74) is 0.713. The monoisotopic (exact) mass is 418 g/mol. The van der Waals surface area contributed by atoms with E-state index in [-0.39, 0.29) is 22.8 Å². The average molecular weight is 419 g/mol. The second kappa shape index (κ2) is 8.87. The maximum atomic E-state index is 12.4. The first-order valence-electron chi connectivity index (χ1n) is 9.72. The van der Waals surface area contributed by atoms with Crippen molar-refractivity contribution in [3.05, 3.63) is 47.6 Å². The maximum absolute atomic E-state index is 12.4. The van der Waals surface area contributed by atoms with Crippen molar-refractivity contribution in [1.29, 1.82) is 0 Å². The minimum absolute atomic E-state index is 0.0791. The number of nitrogens with one attached hydrogen (secondary N) is 2. The van der Waals surface area contributed by atoms with E-state index in [0.29, 0.717) is 29.7 Å². The minimum Gasteiger partial charge on any atom is -0.340 e. The summed E-state index contributed by atoms with van der Waals surface area (Å²) in [5, 5.41) is 6.91. The van der Waals surface area contributed by atoms with Gasteiger partial charge in [-0.1, -0.05) is 38.1 Å². The van der Waals surface area contributed by atoms with Gasteiger partial charge >= 0.3 is 0 Å². The first-order chi connectivity index (χ1) is 13.8. The van der Waals surface area contributed by atoms with Gasteiger partial charge < -0.3 is 9.84 Å². The lowest BCUT2D eigenvalue weighted by atomic mass is 10.0. The van der Waals surface area contributed by atoms with E-state index in [9.17, 15) is 13.2 Å². The first-order valence-corrected chi connectivity index (χ1v) is 11.2. The van der Waals surface area contributed by atoms with Gasteiger partial charge in [0.05, 0.1) is 4.90 Å². The average Bonchev–Trinajstić information content (AvgIpc) is 3.42. The molecule has 2 N–H and O–H groups in total. The standard InChI is InChI=1S/C20H26N4O4S/c1-4-21-29(26,27)16-10-5-14(6-11-16)7-12-17(25)22-18(13(2)3)20-23-19(24-28-20)15-8-9-15/h5-7,10-13,15,18,21H,4,8-9H2,1-3H3,(H,22,25)/b12-7+. The Morgan fingerprint density at radius 2 is 1.97 bits per heavy atom. The molecule has 1 fully saturated rings. The van der Waals surface area contributed by atoms with Crippen LogP contribution < -0.4 is 10.0 Å². The number of hydrogen-bond donors (Lipinski definition) is 2. The van der Waals surface area contributed by atoms with Crippen LogP contribution in [0.2, 0.25) is 0 Å². The Hall–Kier alpha value is -2.52. The summed E-state index contributed by atoms with van der Waals surface area (Å²) in [7, 11) is -3.49. The van der Waals surface area contributed by atoms with Crippen LogP contribution in [0, 0.1) is 5.92 Å².